The molecule has 1 N–H and O–H groups in total. The van der Waals surface area contributed by atoms with Crippen molar-refractivity contribution in [3.63, 3.8) is 0 Å². The van der Waals surface area contributed by atoms with Crippen LogP contribution in [0.15, 0.2) is 0 Å². The molecule has 0 bridgehead atoms. The molecule has 2 rings (SSSR count). The Labute approximate surface area is 133 Å². The molecule has 0 radical (unpaired) electrons. The Morgan fingerprint density at radius 2 is 1.71 bits per heavy atom. The summed E-state index contributed by atoms with van der Waals surface area (Å²) in [5.41, 5.74) is 0.760. The standard InChI is InChI=1S/C19H38N2/c1-16-8-11-21(12-9-16)15-19(14-20-18(3,4)5)10-6-7-17(2)13-19/h16-17,20H,6-15H2,1-5H3. The number of hydrogen-bond acceptors (Lipinski definition) is 2. The quantitative estimate of drug-likeness (QED) is 0.831. The van der Waals surface area contributed by atoms with Crippen LogP contribution in [0.1, 0.15) is 73.1 Å². The molecule has 1 heterocycles. The van der Waals surface area contributed by atoms with Gasteiger partial charge in [-0.25, -0.2) is 0 Å². The number of hydrogen-bond donors (Lipinski definition) is 1. The lowest BCUT2D eigenvalue weighted by molar-refractivity contribution is 0.0578. The van der Waals surface area contributed by atoms with E-state index < -0.39 is 0 Å². The SMILES string of the molecule is CC1CCN(CC2(CNC(C)(C)C)CCCC(C)C2)CC1. The van der Waals surface area contributed by atoms with E-state index in [-0.39, 0.29) is 5.54 Å². The molecule has 2 aliphatic rings. The first kappa shape index (κ1) is 17.3. The second-order valence-corrected chi connectivity index (χ2v) is 9.26. The molecule has 124 valence electrons. The molecule has 0 aromatic carbocycles. The zero-order chi connectivity index (χ0) is 15.5. The minimum atomic E-state index is 0.240. The van der Waals surface area contributed by atoms with Gasteiger partial charge >= 0.3 is 0 Å². The van der Waals surface area contributed by atoms with Gasteiger partial charge in [0.05, 0.1) is 0 Å². The Hall–Kier alpha value is -0.0800. The van der Waals surface area contributed by atoms with E-state index >= 15 is 0 Å². The van der Waals surface area contributed by atoms with Gasteiger partial charge in [-0.3, -0.25) is 0 Å². The zero-order valence-electron chi connectivity index (χ0n) is 15.2. The smallest absolute Gasteiger partial charge is 0.00967 e. The third kappa shape index (κ3) is 5.56. The molecule has 2 heteroatoms. The van der Waals surface area contributed by atoms with Crippen molar-refractivity contribution in [2.24, 2.45) is 17.3 Å². The molecular weight excluding hydrogens is 256 g/mol. The number of likely N-dealkylation sites (tertiary alicyclic amines) is 1. The molecule has 1 saturated carbocycles. The van der Waals surface area contributed by atoms with Gasteiger partial charge in [0.25, 0.3) is 0 Å². The van der Waals surface area contributed by atoms with Crippen LogP contribution in [0.3, 0.4) is 0 Å². The van der Waals surface area contributed by atoms with Crippen molar-refractivity contribution in [2.45, 2.75) is 78.7 Å². The van der Waals surface area contributed by atoms with E-state index in [2.05, 4.69) is 44.8 Å². The molecule has 2 atom stereocenters. The van der Waals surface area contributed by atoms with Gasteiger partial charge in [-0.2, -0.15) is 0 Å². The Kier molecular flexibility index (Phi) is 5.76. The summed E-state index contributed by atoms with van der Waals surface area (Å²) >= 11 is 0. The van der Waals surface area contributed by atoms with Gasteiger partial charge in [0.2, 0.25) is 0 Å². The first-order chi connectivity index (χ1) is 9.78. The van der Waals surface area contributed by atoms with Crippen LogP contribution < -0.4 is 5.32 Å². The highest BCUT2D eigenvalue weighted by Gasteiger charge is 2.37. The Balaban J connectivity index is 1.97. The van der Waals surface area contributed by atoms with Gasteiger partial charge in [-0.05, 0) is 76.8 Å². The minimum Gasteiger partial charge on any atom is -0.311 e. The predicted molar refractivity (Wildman–Crippen MR) is 92.7 cm³/mol. The van der Waals surface area contributed by atoms with E-state index in [1.54, 1.807) is 0 Å². The third-order valence-corrected chi connectivity index (χ3v) is 5.61. The lowest BCUT2D eigenvalue weighted by Crippen LogP contribution is -2.51. The Bertz CT molecular complexity index is 312. The number of nitrogens with zero attached hydrogens (tertiary/aromatic N) is 1. The van der Waals surface area contributed by atoms with Crippen LogP contribution in [0.4, 0.5) is 0 Å². The average Bonchev–Trinajstić information content (AvgIpc) is 2.39. The molecule has 2 nitrogen and oxygen atoms in total. The topological polar surface area (TPSA) is 15.3 Å². The summed E-state index contributed by atoms with van der Waals surface area (Å²) in [5.74, 6) is 1.85. The third-order valence-electron chi connectivity index (χ3n) is 5.61. The van der Waals surface area contributed by atoms with Gasteiger partial charge in [0.15, 0.2) is 0 Å². The highest BCUT2D eigenvalue weighted by atomic mass is 15.1. The molecule has 1 aliphatic heterocycles. The first-order valence-electron chi connectivity index (χ1n) is 9.25. The van der Waals surface area contributed by atoms with Crippen LogP contribution >= 0.6 is 0 Å². The normalized spacial score (nSPS) is 33.3. The van der Waals surface area contributed by atoms with Crippen LogP contribution in [0, 0.1) is 17.3 Å². The van der Waals surface area contributed by atoms with E-state index in [1.807, 2.05) is 0 Å². The number of nitrogens with one attached hydrogen (secondary N) is 1. The summed E-state index contributed by atoms with van der Waals surface area (Å²) < 4.78 is 0. The summed E-state index contributed by atoms with van der Waals surface area (Å²) in [4.78, 5) is 2.77. The maximum atomic E-state index is 3.82. The van der Waals surface area contributed by atoms with Crippen LogP contribution in [0.2, 0.25) is 0 Å². The predicted octanol–water partition coefficient (Wildman–Crippen LogP) is 4.30. The summed E-state index contributed by atoms with van der Waals surface area (Å²) in [5, 5.41) is 3.82. The second-order valence-electron chi connectivity index (χ2n) is 9.26. The van der Waals surface area contributed by atoms with E-state index in [0.29, 0.717) is 5.41 Å². The fourth-order valence-corrected chi connectivity index (χ4v) is 4.28. The van der Waals surface area contributed by atoms with Gasteiger partial charge in [0, 0.05) is 18.6 Å². The van der Waals surface area contributed by atoms with Gasteiger partial charge < -0.3 is 10.2 Å². The van der Waals surface area contributed by atoms with Crippen molar-refractivity contribution < 1.29 is 0 Å². The zero-order valence-corrected chi connectivity index (χ0v) is 15.2. The Morgan fingerprint density at radius 1 is 1.05 bits per heavy atom. The maximum absolute atomic E-state index is 3.82. The average molecular weight is 295 g/mol. The molecule has 21 heavy (non-hydrogen) atoms. The van der Waals surface area contributed by atoms with Crippen molar-refractivity contribution in [1.29, 1.82) is 0 Å². The monoisotopic (exact) mass is 294 g/mol. The second kappa shape index (κ2) is 7.00. The van der Waals surface area contributed by atoms with Crippen LogP contribution in [-0.2, 0) is 0 Å². The van der Waals surface area contributed by atoms with Crippen LogP contribution in [0.5, 0.6) is 0 Å². The lowest BCUT2D eigenvalue weighted by Gasteiger charge is -2.46. The molecule has 0 amide bonds. The van der Waals surface area contributed by atoms with E-state index in [1.165, 1.54) is 64.7 Å². The minimum absolute atomic E-state index is 0.240. The van der Waals surface area contributed by atoms with Crippen LogP contribution in [-0.4, -0.2) is 36.6 Å². The summed E-state index contributed by atoms with van der Waals surface area (Å²) in [7, 11) is 0. The lowest BCUT2D eigenvalue weighted by atomic mass is 9.69. The molecule has 1 saturated heterocycles. The van der Waals surface area contributed by atoms with Gasteiger partial charge in [-0.15, -0.1) is 0 Å². The van der Waals surface area contributed by atoms with Crippen molar-refractivity contribution in [3.05, 3.63) is 0 Å². The largest absolute Gasteiger partial charge is 0.311 e. The molecule has 0 aromatic heterocycles. The summed E-state index contributed by atoms with van der Waals surface area (Å²) in [6.07, 6.45) is 8.51. The maximum Gasteiger partial charge on any atom is 0.00967 e. The molecule has 1 aliphatic carbocycles. The van der Waals surface area contributed by atoms with Gasteiger partial charge in [0.1, 0.15) is 0 Å². The van der Waals surface area contributed by atoms with E-state index in [4.69, 9.17) is 0 Å². The summed E-state index contributed by atoms with van der Waals surface area (Å²) in [6, 6.07) is 0. The molecule has 2 fully saturated rings. The van der Waals surface area contributed by atoms with E-state index in [9.17, 15) is 0 Å². The van der Waals surface area contributed by atoms with Crippen molar-refractivity contribution in [1.82, 2.24) is 10.2 Å². The summed E-state index contributed by atoms with van der Waals surface area (Å²) in [6.45, 7) is 17.0. The fourth-order valence-electron chi connectivity index (χ4n) is 4.28. The highest BCUT2D eigenvalue weighted by Crippen LogP contribution is 2.40. The first-order valence-corrected chi connectivity index (χ1v) is 9.25. The van der Waals surface area contributed by atoms with Crippen molar-refractivity contribution in [3.8, 4) is 0 Å². The van der Waals surface area contributed by atoms with E-state index in [0.717, 1.165) is 11.8 Å². The Morgan fingerprint density at radius 3 is 2.29 bits per heavy atom. The molecule has 0 spiro atoms. The van der Waals surface area contributed by atoms with Gasteiger partial charge in [-0.1, -0.05) is 26.7 Å². The van der Waals surface area contributed by atoms with Crippen LogP contribution in [0.25, 0.3) is 0 Å². The molecular formula is C19H38N2. The molecule has 0 aromatic rings. The number of rotatable bonds is 4. The molecule has 2 unspecified atom stereocenters. The van der Waals surface area contributed by atoms with Crippen molar-refractivity contribution in [2.75, 3.05) is 26.2 Å². The fraction of sp³-hybridized carbons (Fsp3) is 1.00. The highest BCUT2D eigenvalue weighted by molar-refractivity contribution is 4.92. The van der Waals surface area contributed by atoms with Crippen molar-refractivity contribution >= 4 is 0 Å². The number of piperidine rings is 1.